The molecule has 0 unspecified atom stereocenters. The summed E-state index contributed by atoms with van der Waals surface area (Å²) in [5.41, 5.74) is 2.61. The summed E-state index contributed by atoms with van der Waals surface area (Å²) in [6.07, 6.45) is -3.85. The van der Waals surface area contributed by atoms with Crippen LogP contribution in [0.3, 0.4) is 0 Å². The van der Waals surface area contributed by atoms with Crippen molar-refractivity contribution in [1.29, 1.82) is 0 Å². The molecule has 4 N–H and O–H groups in total. The number of nitrogens with zero attached hydrogens (tertiary/aromatic N) is 1. The molecule has 1 amide bonds. The van der Waals surface area contributed by atoms with E-state index in [1.54, 1.807) is 0 Å². The third kappa shape index (κ3) is 3.52. The number of hydrogen-bond donors (Lipinski definition) is 3. The lowest BCUT2D eigenvalue weighted by atomic mass is 10.1. The quantitative estimate of drug-likeness (QED) is 0.580. The molecule has 3 rings (SSSR count). The summed E-state index contributed by atoms with van der Waals surface area (Å²) in [6, 6.07) is 7.33. The van der Waals surface area contributed by atoms with E-state index >= 15 is 0 Å². The fourth-order valence-corrected chi connectivity index (χ4v) is 2.67. The Bertz CT molecular complexity index is 1170. The van der Waals surface area contributed by atoms with E-state index in [2.05, 4.69) is 5.32 Å². The molecule has 0 saturated heterocycles. The molecule has 0 spiro atoms. The number of halogens is 3. The number of fused-ring (bicyclic) bond motifs is 1. The van der Waals surface area contributed by atoms with E-state index in [0.717, 1.165) is 16.8 Å². The van der Waals surface area contributed by atoms with Gasteiger partial charge in [0.25, 0.3) is 0 Å². The number of nitrogens with two attached hydrogens (primary N) is 1. The zero-order valence-corrected chi connectivity index (χ0v) is 13.9. The monoisotopic (exact) mass is 391 g/mol. The van der Waals surface area contributed by atoms with Gasteiger partial charge >= 0.3 is 18.2 Å². The first kappa shape index (κ1) is 19.0. The third-order valence-corrected chi connectivity index (χ3v) is 3.89. The van der Waals surface area contributed by atoms with Crippen LogP contribution in [0.2, 0.25) is 0 Å². The second kappa shape index (κ2) is 6.72. The molecule has 0 aliphatic carbocycles. The highest BCUT2D eigenvalue weighted by Gasteiger charge is 2.31. The fourth-order valence-electron chi connectivity index (χ4n) is 2.67. The van der Waals surface area contributed by atoms with E-state index in [9.17, 15) is 32.7 Å². The number of alkyl halides is 3. The summed E-state index contributed by atoms with van der Waals surface area (Å²) in [6.45, 7) is 0. The number of nitrogen functional groups attached to an aromatic ring is 1. The van der Waals surface area contributed by atoms with Crippen LogP contribution in [0.25, 0.3) is 10.9 Å². The van der Waals surface area contributed by atoms with E-state index < -0.39 is 34.7 Å². The van der Waals surface area contributed by atoms with Crippen LogP contribution in [0.5, 0.6) is 0 Å². The zero-order valence-electron chi connectivity index (χ0n) is 13.9. The van der Waals surface area contributed by atoms with E-state index in [-0.39, 0.29) is 22.3 Å². The van der Waals surface area contributed by atoms with Crippen molar-refractivity contribution in [3.8, 4) is 0 Å². The molecule has 0 saturated carbocycles. The molecular weight excluding hydrogens is 379 g/mol. The van der Waals surface area contributed by atoms with Gasteiger partial charge in [0.1, 0.15) is 5.56 Å². The standard InChI is InChI=1S/C18H12F3N3O4/c19-18(20,21)9-5-10(22)7-11(6-9)23-17(28)24-8-13(16(26)27)15(25)12-3-1-2-4-14(12)24/h1-8H,22H2,(H,23,28)(H,26,27). The Morgan fingerprint density at radius 3 is 2.43 bits per heavy atom. The number of aromatic carboxylic acids is 1. The van der Waals surface area contributed by atoms with E-state index in [1.807, 2.05) is 0 Å². The van der Waals surface area contributed by atoms with Crippen LogP contribution in [0, 0.1) is 0 Å². The molecule has 0 aliphatic rings. The molecule has 10 heteroatoms. The van der Waals surface area contributed by atoms with Crippen LogP contribution in [0.4, 0.5) is 29.3 Å². The summed E-state index contributed by atoms with van der Waals surface area (Å²) >= 11 is 0. The number of para-hydroxylation sites is 1. The molecule has 0 atom stereocenters. The van der Waals surface area contributed by atoms with Crippen LogP contribution in [-0.2, 0) is 6.18 Å². The van der Waals surface area contributed by atoms with Gasteiger partial charge in [-0.05, 0) is 30.3 Å². The largest absolute Gasteiger partial charge is 0.477 e. The molecule has 3 aromatic rings. The van der Waals surface area contributed by atoms with Gasteiger partial charge in [-0.25, -0.2) is 9.59 Å². The molecule has 0 bridgehead atoms. The summed E-state index contributed by atoms with van der Waals surface area (Å²) in [7, 11) is 0. The Morgan fingerprint density at radius 2 is 1.79 bits per heavy atom. The molecule has 0 aliphatic heterocycles. The van der Waals surface area contributed by atoms with Crippen LogP contribution in [-0.4, -0.2) is 21.7 Å². The predicted molar refractivity (Wildman–Crippen MR) is 95.4 cm³/mol. The normalized spacial score (nSPS) is 11.4. The minimum atomic E-state index is -4.67. The van der Waals surface area contributed by atoms with Crippen molar-refractivity contribution in [2.45, 2.75) is 6.18 Å². The number of nitrogens with one attached hydrogen (secondary N) is 1. The maximum Gasteiger partial charge on any atom is 0.416 e. The smallest absolute Gasteiger partial charge is 0.416 e. The minimum absolute atomic E-state index is 0.0268. The Hall–Kier alpha value is -3.82. The summed E-state index contributed by atoms with van der Waals surface area (Å²) < 4.78 is 39.6. The minimum Gasteiger partial charge on any atom is -0.477 e. The average molecular weight is 391 g/mol. The molecule has 0 fully saturated rings. The molecule has 0 radical (unpaired) electrons. The summed E-state index contributed by atoms with van der Waals surface area (Å²) in [5.74, 6) is -1.54. The van der Waals surface area contributed by atoms with Crippen LogP contribution < -0.4 is 16.5 Å². The highest BCUT2D eigenvalue weighted by Crippen LogP contribution is 2.32. The maximum absolute atomic E-state index is 12.9. The van der Waals surface area contributed by atoms with E-state index in [4.69, 9.17) is 5.73 Å². The molecule has 1 heterocycles. The summed E-state index contributed by atoms with van der Waals surface area (Å²) in [5, 5.41) is 11.4. The van der Waals surface area contributed by atoms with Crippen LogP contribution >= 0.6 is 0 Å². The number of benzene rings is 2. The number of carboxylic acid groups (broad SMARTS) is 1. The first-order valence-electron chi connectivity index (χ1n) is 7.75. The first-order chi connectivity index (χ1) is 13.1. The molecule has 1 aromatic heterocycles. The van der Waals surface area contributed by atoms with Crippen LogP contribution in [0.15, 0.2) is 53.5 Å². The van der Waals surface area contributed by atoms with Crippen molar-refractivity contribution < 1.29 is 27.9 Å². The van der Waals surface area contributed by atoms with E-state index in [0.29, 0.717) is 12.1 Å². The lowest BCUT2D eigenvalue weighted by molar-refractivity contribution is -0.137. The average Bonchev–Trinajstić information content (AvgIpc) is 2.60. The van der Waals surface area contributed by atoms with Gasteiger partial charge in [-0.2, -0.15) is 13.2 Å². The number of carboxylic acids is 1. The first-order valence-corrected chi connectivity index (χ1v) is 7.75. The van der Waals surface area contributed by atoms with Gasteiger partial charge in [-0.1, -0.05) is 12.1 Å². The summed E-state index contributed by atoms with van der Waals surface area (Å²) in [4.78, 5) is 36.2. The molecule has 2 aromatic carbocycles. The molecule has 7 nitrogen and oxygen atoms in total. The Labute approximate surface area is 154 Å². The van der Waals surface area contributed by atoms with Crippen molar-refractivity contribution in [3.05, 3.63) is 70.0 Å². The van der Waals surface area contributed by atoms with Crippen molar-refractivity contribution in [3.63, 3.8) is 0 Å². The Morgan fingerprint density at radius 1 is 1.11 bits per heavy atom. The van der Waals surface area contributed by atoms with Gasteiger partial charge in [-0.15, -0.1) is 0 Å². The second-order valence-electron chi connectivity index (χ2n) is 5.84. The number of carbonyl (C=O) groups is 2. The lowest BCUT2D eigenvalue weighted by Gasteiger charge is -2.14. The van der Waals surface area contributed by atoms with E-state index in [1.165, 1.54) is 24.3 Å². The zero-order chi connectivity index (χ0) is 20.6. The predicted octanol–water partition coefficient (Wildman–Crippen LogP) is 3.38. The number of amides is 1. The van der Waals surface area contributed by atoms with Gasteiger partial charge in [0.05, 0.1) is 11.1 Å². The molecular formula is C18H12F3N3O4. The number of carbonyl (C=O) groups excluding carboxylic acids is 1. The highest BCUT2D eigenvalue weighted by molar-refractivity contribution is 6.01. The number of aromatic nitrogens is 1. The Kier molecular flexibility index (Phi) is 4.55. The number of pyridine rings is 1. The maximum atomic E-state index is 12.9. The van der Waals surface area contributed by atoms with Crippen molar-refractivity contribution in [2.24, 2.45) is 0 Å². The lowest BCUT2D eigenvalue weighted by Crippen LogP contribution is -2.26. The Balaban J connectivity index is 2.10. The van der Waals surface area contributed by atoms with Gasteiger partial charge in [0.15, 0.2) is 0 Å². The highest BCUT2D eigenvalue weighted by atomic mass is 19.4. The second-order valence-corrected chi connectivity index (χ2v) is 5.84. The number of hydrogen-bond acceptors (Lipinski definition) is 4. The number of rotatable bonds is 2. The third-order valence-electron chi connectivity index (χ3n) is 3.89. The van der Waals surface area contributed by atoms with Crippen molar-refractivity contribution in [2.75, 3.05) is 11.1 Å². The topological polar surface area (TPSA) is 114 Å². The van der Waals surface area contributed by atoms with Gasteiger partial charge in [0, 0.05) is 23.0 Å². The molecule has 28 heavy (non-hydrogen) atoms. The molecule has 144 valence electrons. The van der Waals surface area contributed by atoms with Crippen molar-refractivity contribution in [1.82, 2.24) is 4.57 Å². The SMILES string of the molecule is Nc1cc(NC(=O)n2cc(C(=O)O)c(=O)c3ccccc32)cc(C(F)(F)F)c1. The number of anilines is 2. The van der Waals surface area contributed by atoms with Gasteiger partial charge < -0.3 is 16.2 Å². The van der Waals surface area contributed by atoms with Crippen LogP contribution in [0.1, 0.15) is 15.9 Å². The fraction of sp³-hybridized carbons (Fsp3) is 0.0556. The van der Waals surface area contributed by atoms with Gasteiger partial charge in [0.2, 0.25) is 5.43 Å². The van der Waals surface area contributed by atoms with Crippen molar-refractivity contribution >= 4 is 34.3 Å². The van der Waals surface area contributed by atoms with Gasteiger partial charge in [-0.3, -0.25) is 9.36 Å².